The first kappa shape index (κ1) is 50.0. The van der Waals surface area contributed by atoms with Gasteiger partial charge in [-0.05, 0) is 160 Å². The van der Waals surface area contributed by atoms with Crippen LogP contribution in [-0.2, 0) is 18.7 Å². The van der Waals surface area contributed by atoms with Crippen molar-refractivity contribution < 1.29 is 23.2 Å². The fourth-order valence-electron chi connectivity index (χ4n) is 9.93. The minimum Gasteiger partial charge on any atom is -0.361 e. The van der Waals surface area contributed by atoms with Crippen LogP contribution in [0, 0.1) is 32.1 Å². The van der Waals surface area contributed by atoms with Crippen LogP contribution in [0.2, 0.25) is 0 Å². The molecule has 0 bridgehead atoms. The van der Waals surface area contributed by atoms with Crippen molar-refractivity contribution >= 4 is 62.0 Å². The van der Waals surface area contributed by atoms with E-state index in [0.29, 0.717) is 18.9 Å². The van der Waals surface area contributed by atoms with E-state index in [1.54, 1.807) is 17.4 Å². The number of carbonyl (C=O) groups excluding carboxylic acids is 3. The lowest BCUT2D eigenvalue weighted by atomic mass is 9.85. The molecule has 3 aliphatic rings. The van der Waals surface area contributed by atoms with Crippen LogP contribution in [0.25, 0.3) is 21.7 Å². The van der Waals surface area contributed by atoms with Crippen LogP contribution in [-0.4, -0.2) is 87.0 Å². The van der Waals surface area contributed by atoms with Crippen LogP contribution in [0.1, 0.15) is 107 Å². The Bertz CT molecular complexity index is 2630. The van der Waals surface area contributed by atoms with Crippen molar-refractivity contribution in [2.24, 2.45) is 11.3 Å². The lowest BCUT2D eigenvalue weighted by molar-refractivity contribution is -0.144. The van der Waals surface area contributed by atoms with Gasteiger partial charge in [-0.3, -0.25) is 24.8 Å². The van der Waals surface area contributed by atoms with Gasteiger partial charge in [0.05, 0.1) is 52.9 Å². The number of hydroxylamine groups is 1. The van der Waals surface area contributed by atoms with Gasteiger partial charge in [0, 0.05) is 46.9 Å². The van der Waals surface area contributed by atoms with E-state index >= 15 is 0 Å². The highest BCUT2D eigenvalue weighted by molar-refractivity contribution is 9.10. The molecule has 3 N–H and O–H groups in total. The number of halogens is 1. The number of hydrogen-bond acceptors (Lipinski definition) is 11. The van der Waals surface area contributed by atoms with Gasteiger partial charge in [-0.1, -0.05) is 62.3 Å². The molecule has 366 valence electrons. The molecule has 3 atom stereocenters. The van der Waals surface area contributed by atoms with Crippen LogP contribution in [0.5, 0.6) is 0 Å². The zero-order valence-electron chi connectivity index (χ0n) is 41.1. The Kier molecular flexibility index (Phi) is 15.7. The molecule has 0 aliphatic carbocycles. The number of rotatable bonds is 16. The summed E-state index contributed by atoms with van der Waals surface area (Å²) < 4.78 is 13.8. The Balaban J connectivity index is 0.855. The molecule has 5 heterocycles. The summed E-state index contributed by atoms with van der Waals surface area (Å²) >= 11 is 5.15. The van der Waals surface area contributed by atoms with E-state index in [9.17, 15) is 14.4 Å². The second-order valence-corrected chi connectivity index (χ2v) is 21.5. The van der Waals surface area contributed by atoms with Crippen molar-refractivity contribution in [1.29, 1.82) is 0 Å². The minimum atomic E-state index is -0.773. The average Bonchev–Trinajstić information content (AvgIpc) is 4.17. The van der Waals surface area contributed by atoms with Crippen molar-refractivity contribution in [1.82, 2.24) is 40.6 Å². The van der Waals surface area contributed by atoms with E-state index in [0.717, 1.165) is 118 Å². The van der Waals surface area contributed by atoms with Gasteiger partial charge in [-0.15, -0.1) is 0 Å². The highest BCUT2D eigenvalue weighted by atomic mass is 79.9. The van der Waals surface area contributed by atoms with Gasteiger partial charge < -0.3 is 29.5 Å². The monoisotopic (exact) mass is 1020 g/mol. The number of benzene rings is 3. The Morgan fingerprint density at radius 2 is 1.71 bits per heavy atom. The van der Waals surface area contributed by atoms with Crippen LogP contribution in [0.3, 0.4) is 0 Å². The Hall–Kier alpha value is -5.42. The molecule has 0 spiro atoms. The van der Waals surface area contributed by atoms with Crippen molar-refractivity contribution in [2.45, 2.75) is 112 Å². The second-order valence-electron chi connectivity index (χ2n) is 20.0. The number of aryl methyl sites for hydroxylation is 3. The molecule has 16 heteroatoms. The zero-order chi connectivity index (χ0) is 49.0. The fraction of sp³-hybridized carbons (Fsp3) is 0.453. The van der Waals surface area contributed by atoms with Crippen molar-refractivity contribution in [3.8, 4) is 16.8 Å². The van der Waals surface area contributed by atoms with Gasteiger partial charge in [-0.25, -0.2) is 4.98 Å². The summed E-state index contributed by atoms with van der Waals surface area (Å²) in [6, 6.07) is 19.5. The summed E-state index contributed by atoms with van der Waals surface area (Å²) in [5.74, 6) is 0.777. The van der Waals surface area contributed by atoms with Gasteiger partial charge in [-0.2, -0.15) is 4.28 Å². The average molecular weight is 1020 g/mol. The van der Waals surface area contributed by atoms with Crippen molar-refractivity contribution in [3.63, 3.8) is 0 Å². The third-order valence-electron chi connectivity index (χ3n) is 13.9. The molecule has 3 amide bonds. The van der Waals surface area contributed by atoms with E-state index in [4.69, 9.17) is 8.81 Å². The standard InChI is InChI=1S/C53H66BrN9O5S/c1-33-13-14-41(48-35(3)58-67-37(48)5)29-46(33)62(42-19-20-44(43(54)30-42)61-28-23-55-32-61)24-9-11-38-21-26-60(27-22-38)31-47(64)57-50(53(6,7)8)52(66)63-25-10-12-45(63)51(65)56-34(2)39-15-17-40(18-16-39)49-36(4)59-68-69-49/h13-20,23,28-30,32,34,38,45,50,59H,9-12,21-22,24-27,31H2,1-8H3,(H,56,65)(H,57,64). The lowest BCUT2D eigenvalue weighted by Crippen LogP contribution is -2.58. The highest BCUT2D eigenvalue weighted by Crippen LogP contribution is 2.39. The van der Waals surface area contributed by atoms with Crippen molar-refractivity contribution in [2.75, 3.05) is 37.6 Å². The molecule has 3 aromatic carbocycles. The molecular weight excluding hydrogens is 955 g/mol. The molecule has 14 nitrogen and oxygen atoms in total. The Labute approximate surface area is 419 Å². The SMILES string of the molecule is CC1=C(c2ccc(C(C)NC(=O)C3CCCN3C(=O)C(NC(=O)CN3CCC(CCCN(c4ccc(-n5ccnc5)c(Br)c4)c4cc(-c5c(C)noc5C)ccc4C)CC3)C(C)(C)C)cc2)SON1. The van der Waals surface area contributed by atoms with E-state index < -0.39 is 17.5 Å². The normalized spacial score (nSPS) is 17.8. The molecule has 0 saturated carbocycles. The number of piperidine rings is 1. The van der Waals surface area contributed by atoms with Crippen LogP contribution >= 0.6 is 28.0 Å². The third-order valence-corrected chi connectivity index (χ3v) is 15.4. The first-order valence-corrected chi connectivity index (χ1v) is 25.7. The molecule has 2 saturated heterocycles. The zero-order valence-corrected chi connectivity index (χ0v) is 43.5. The molecule has 2 aromatic heterocycles. The van der Waals surface area contributed by atoms with Gasteiger partial charge in [0.15, 0.2) is 0 Å². The minimum absolute atomic E-state index is 0.168. The summed E-state index contributed by atoms with van der Waals surface area (Å²) in [7, 11) is 0. The number of likely N-dealkylation sites (tertiary alicyclic amines) is 2. The van der Waals surface area contributed by atoms with Crippen LogP contribution in [0.15, 0.2) is 94.1 Å². The molecule has 3 unspecified atom stereocenters. The van der Waals surface area contributed by atoms with Gasteiger partial charge in [0.2, 0.25) is 17.7 Å². The number of amides is 3. The van der Waals surface area contributed by atoms with E-state index in [1.807, 2.05) is 83.5 Å². The predicted octanol–water partition coefficient (Wildman–Crippen LogP) is 10.1. The first-order chi connectivity index (χ1) is 33.0. The number of aromatic nitrogens is 3. The van der Waals surface area contributed by atoms with Crippen LogP contribution < -0.4 is 21.0 Å². The Morgan fingerprint density at radius 3 is 2.36 bits per heavy atom. The molecule has 0 radical (unpaired) electrons. The topological polar surface area (TPSA) is 150 Å². The first-order valence-electron chi connectivity index (χ1n) is 24.2. The summed E-state index contributed by atoms with van der Waals surface area (Å²) in [4.78, 5) is 53.5. The fourth-order valence-corrected chi connectivity index (χ4v) is 11.1. The number of nitrogens with one attached hydrogen (secondary N) is 3. The number of hydrogen-bond donors (Lipinski definition) is 3. The quantitative estimate of drug-likeness (QED) is 0.0811. The number of imidazole rings is 1. The van der Waals surface area contributed by atoms with Crippen molar-refractivity contribution in [3.05, 3.63) is 118 Å². The van der Waals surface area contributed by atoms with Gasteiger partial charge in [0.1, 0.15) is 17.8 Å². The lowest BCUT2D eigenvalue weighted by Gasteiger charge is -2.37. The molecule has 2 fully saturated rings. The molecule has 3 aliphatic heterocycles. The second kappa shape index (κ2) is 21.7. The third kappa shape index (κ3) is 11.6. The van der Waals surface area contributed by atoms with E-state index in [-0.39, 0.29) is 30.3 Å². The maximum absolute atomic E-state index is 14.3. The Morgan fingerprint density at radius 1 is 0.957 bits per heavy atom. The van der Waals surface area contributed by atoms with Crippen LogP contribution in [0.4, 0.5) is 11.4 Å². The molecule has 69 heavy (non-hydrogen) atoms. The van der Waals surface area contributed by atoms with E-state index in [1.165, 1.54) is 17.6 Å². The predicted molar refractivity (Wildman–Crippen MR) is 276 cm³/mol. The number of nitrogens with zero attached hydrogens (tertiary/aromatic N) is 6. The van der Waals surface area contributed by atoms with Gasteiger partial charge >= 0.3 is 0 Å². The number of anilines is 2. The maximum atomic E-state index is 14.3. The largest absolute Gasteiger partial charge is 0.361 e. The summed E-state index contributed by atoms with van der Waals surface area (Å²) in [5, 5.41) is 10.5. The van der Waals surface area contributed by atoms with Gasteiger partial charge in [0.25, 0.3) is 0 Å². The molecule has 8 rings (SSSR count). The number of carbonyl (C=O) groups is 3. The summed E-state index contributed by atoms with van der Waals surface area (Å²) in [6.45, 7) is 19.1. The smallest absolute Gasteiger partial charge is 0.246 e. The number of allylic oxidation sites excluding steroid dienone is 1. The molecular formula is C53H66BrN9O5S. The summed E-state index contributed by atoms with van der Waals surface area (Å²) in [6.07, 6.45) is 10.9. The highest BCUT2D eigenvalue weighted by Gasteiger charge is 2.42. The summed E-state index contributed by atoms with van der Waals surface area (Å²) in [5.41, 5.74) is 12.7. The van der Waals surface area contributed by atoms with E-state index in [2.05, 4.69) is 95.3 Å². The molecule has 5 aromatic rings. The maximum Gasteiger partial charge on any atom is 0.246 e.